The zero-order chi connectivity index (χ0) is 17.9. The molecule has 1 aliphatic rings. The van der Waals surface area contributed by atoms with E-state index in [4.69, 9.17) is 27.9 Å². The first-order valence-corrected chi connectivity index (χ1v) is 8.20. The van der Waals surface area contributed by atoms with Gasteiger partial charge >= 0.3 is 12.0 Å². The van der Waals surface area contributed by atoms with Crippen molar-refractivity contribution >= 4 is 41.1 Å². The van der Waals surface area contributed by atoms with Crippen LogP contribution in [0.25, 0.3) is 0 Å². The summed E-state index contributed by atoms with van der Waals surface area (Å²) in [6.45, 7) is 3.54. The van der Waals surface area contributed by atoms with Crippen molar-refractivity contribution in [3.8, 4) is 0 Å². The van der Waals surface area contributed by atoms with Crippen LogP contribution in [0.15, 0.2) is 18.2 Å². The average Bonchev–Trinajstić information content (AvgIpc) is 2.70. The fourth-order valence-corrected chi connectivity index (χ4v) is 2.59. The summed E-state index contributed by atoms with van der Waals surface area (Å²) in [5.74, 6) is -0.705. The molecule has 24 heavy (non-hydrogen) atoms. The number of rotatable bonds is 6. The second-order valence-corrected chi connectivity index (χ2v) is 6.84. The van der Waals surface area contributed by atoms with Gasteiger partial charge in [-0.2, -0.15) is 0 Å². The van der Waals surface area contributed by atoms with Crippen molar-refractivity contribution in [3.63, 3.8) is 0 Å². The van der Waals surface area contributed by atoms with E-state index in [9.17, 15) is 14.4 Å². The van der Waals surface area contributed by atoms with Crippen LogP contribution < -0.4 is 5.32 Å². The Balaban J connectivity index is 1.75. The third-order valence-electron chi connectivity index (χ3n) is 3.59. The molecule has 1 aromatic carbocycles. The SMILES string of the molecule is CC1(C)NC(=O)N(CCCC(=O)OCc2ccc(Cl)c(Cl)c2)C1=O. The zero-order valence-electron chi connectivity index (χ0n) is 13.4. The molecule has 1 heterocycles. The number of halogens is 2. The van der Waals surface area contributed by atoms with Crippen molar-refractivity contribution in [2.45, 2.75) is 38.8 Å². The summed E-state index contributed by atoms with van der Waals surface area (Å²) < 4.78 is 5.14. The van der Waals surface area contributed by atoms with Gasteiger partial charge in [-0.05, 0) is 38.0 Å². The smallest absolute Gasteiger partial charge is 0.325 e. The Morgan fingerprint density at radius 1 is 1.25 bits per heavy atom. The first-order chi connectivity index (χ1) is 11.2. The van der Waals surface area contributed by atoms with E-state index in [1.165, 1.54) is 0 Å². The van der Waals surface area contributed by atoms with Gasteiger partial charge in [-0.1, -0.05) is 29.3 Å². The quantitative estimate of drug-likeness (QED) is 0.614. The van der Waals surface area contributed by atoms with Crippen molar-refractivity contribution in [1.82, 2.24) is 10.2 Å². The van der Waals surface area contributed by atoms with Gasteiger partial charge in [-0.25, -0.2) is 4.79 Å². The highest BCUT2D eigenvalue weighted by molar-refractivity contribution is 6.42. The van der Waals surface area contributed by atoms with Crippen molar-refractivity contribution in [2.24, 2.45) is 0 Å². The number of benzene rings is 1. The van der Waals surface area contributed by atoms with E-state index in [1.54, 1.807) is 32.0 Å². The van der Waals surface area contributed by atoms with Crippen LogP contribution in [-0.2, 0) is 20.9 Å². The maximum atomic E-state index is 12.0. The molecule has 0 spiro atoms. The summed E-state index contributed by atoms with van der Waals surface area (Å²) in [4.78, 5) is 36.6. The number of imide groups is 1. The van der Waals surface area contributed by atoms with E-state index < -0.39 is 17.5 Å². The van der Waals surface area contributed by atoms with E-state index in [1.807, 2.05) is 0 Å². The lowest BCUT2D eigenvalue weighted by Gasteiger charge is -2.15. The Bertz CT molecular complexity index is 676. The molecule has 0 aliphatic carbocycles. The minimum atomic E-state index is -0.897. The second kappa shape index (κ2) is 7.40. The molecule has 130 valence electrons. The van der Waals surface area contributed by atoms with E-state index in [0.717, 1.165) is 10.5 Å². The third-order valence-corrected chi connectivity index (χ3v) is 4.33. The molecule has 2 rings (SSSR count). The monoisotopic (exact) mass is 372 g/mol. The second-order valence-electron chi connectivity index (χ2n) is 6.02. The molecule has 0 unspecified atom stereocenters. The number of hydrogen-bond acceptors (Lipinski definition) is 4. The van der Waals surface area contributed by atoms with Crippen LogP contribution in [0, 0.1) is 0 Å². The highest BCUT2D eigenvalue weighted by Crippen LogP contribution is 2.23. The lowest BCUT2D eigenvalue weighted by molar-refractivity contribution is -0.145. The molecule has 1 aliphatic heterocycles. The number of nitrogens with one attached hydrogen (secondary N) is 1. The number of hydrogen-bond donors (Lipinski definition) is 1. The highest BCUT2D eigenvalue weighted by Gasteiger charge is 2.43. The van der Waals surface area contributed by atoms with Gasteiger partial charge in [0, 0.05) is 13.0 Å². The molecule has 1 saturated heterocycles. The van der Waals surface area contributed by atoms with E-state index >= 15 is 0 Å². The molecule has 6 nitrogen and oxygen atoms in total. The van der Waals surface area contributed by atoms with Crippen LogP contribution in [0.4, 0.5) is 4.79 Å². The first kappa shape index (κ1) is 18.5. The molecule has 0 saturated carbocycles. The van der Waals surface area contributed by atoms with Crippen molar-refractivity contribution in [3.05, 3.63) is 33.8 Å². The number of carbonyl (C=O) groups excluding carboxylic acids is 3. The summed E-state index contributed by atoms with van der Waals surface area (Å²) in [7, 11) is 0. The first-order valence-electron chi connectivity index (χ1n) is 7.44. The maximum absolute atomic E-state index is 12.0. The van der Waals surface area contributed by atoms with E-state index in [-0.39, 0.29) is 25.5 Å². The molecule has 3 amide bonds. The van der Waals surface area contributed by atoms with Gasteiger partial charge in [-0.15, -0.1) is 0 Å². The molecule has 8 heteroatoms. The molecule has 1 aromatic rings. The van der Waals surface area contributed by atoms with Crippen molar-refractivity contribution in [1.29, 1.82) is 0 Å². The Hall–Kier alpha value is -1.79. The molecule has 0 aromatic heterocycles. The van der Waals surface area contributed by atoms with Gasteiger partial charge in [-0.3, -0.25) is 14.5 Å². The van der Waals surface area contributed by atoms with Gasteiger partial charge in [0.2, 0.25) is 0 Å². The lowest BCUT2D eigenvalue weighted by Crippen LogP contribution is -2.40. The summed E-state index contributed by atoms with van der Waals surface area (Å²) in [5, 5.41) is 3.41. The standard InChI is InChI=1S/C16H18Cl2N2O4/c1-16(2)14(22)20(15(23)19-16)7-3-4-13(21)24-9-10-5-6-11(17)12(18)8-10/h5-6,8H,3-4,7,9H2,1-2H3,(H,19,23). The fraction of sp³-hybridized carbons (Fsp3) is 0.438. The molecule has 1 N–H and O–H groups in total. The van der Waals surface area contributed by atoms with Gasteiger partial charge in [0.25, 0.3) is 5.91 Å². The predicted octanol–water partition coefficient (Wildman–Crippen LogP) is 3.15. The largest absolute Gasteiger partial charge is 0.461 e. The summed E-state index contributed by atoms with van der Waals surface area (Å²) >= 11 is 11.7. The summed E-state index contributed by atoms with van der Waals surface area (Å²) in [6.07, 6.45) is 0.453. The number of urea groups is 1. The number of nitrogens with zero attached hydrogens (tertiary/aromatic N) is 1. The summed E-state index contributed by atoms with van der Waals surface area (Å²) in [5.41, 5.74) is -0.167. The van der Waals surface area contributed by atoms with E-state index in [2.05, 4.69) is 5.32 Å². The van der Waals surface area contributed by atoms with Gasteiger partial charge < -0.3 is 10.1 Å². The average molecular weight is 373 g/mol. The Morgan fingerprint density at radius 3 is 2.54 bits per heavy atom. The fourth-order valence-electron chi connectivity index (χ4n) is 2.27. The number of ether oxygens (including phenoxy) is 1. The minimum absolute atomic E-state index is 0.0892. The van der Waals surface area contributed by atoms with Crippen LogP contribution in [0.3, 0.4) is 0 Å². The maximum Gasteiger partial charge on any atom is 0.325 e. The molecule has 0 radical (unpaired) electrons. The molecule has 0 bridgehead atoms. The van der Waals surface area contributed by atoms with Crippen molar-refractivity contribution in [2.75, 3.05) is 6.54 Å². The topological polar surface area (TPSA) is 75.7 Å². The van der Waals surface area contributed by atoms with Crippen LogP contribution in [0.5, 0.6) is 0 Å². The third kappa shape index (κ3) is 4.39. The van der Waals surface area contributed by atoms with Gasteiger partial charge in [0.1, 0.15) is 12.1 Å². The van der Waals surface area contributed by atoms with Crippen LogP contribution in [-0.4, -0.2) is 34.9 Å². The Labute approximate surface area is 150 Å². The van der Waals surface area contributed by atoms with E-state index in [0.29, 0.717) is 16.5 Å². The molecule has 0 atom stereocenters. The number of carbonyl (C=O) groups is 3. The van der Waals surface area contributed by atoms with Crippen molar-refractivity contribution < 1.29 is 19.1 Å². The van der Waals surface area contributed by atoms with Gasteiger partial charge in [0.05, 0.1) is 10.0 Å². The molecular weight excluding hydrogens is 355 g/mol. The van der Waals surface area contributed by atoms with Crippen LogP contribution >= 0.6 is 23.2 Å². The zero-order valence-corrected chi connectivity index (χ0v) is 14.9. The van der Waals surface area contributed by atoms with Crippen LogP contribution in [0.2, 0.25) is 10.0 Å². The Kier molecular flexibility index (Phi) is 5.72. The Morgan fingerprint density at radius 2 is 1.96 bits per heavy atom. The predicted molar refractivity (Wildman–Crippen MR) is 89.8 cm³/mol. The molecule has 1 fully saturated rings. The number of amides is 3. The lowest BCUT2D eigenvalue weighted by atomic mass is 10.1. The highest BCUT2D eigenvalue weighted by atomic mass is 35.5. The number of esters is 1. The minimum Gasteiger partial charge on any atom is -0.461 e. The van der Waals surface area contributed by atoms with Crippen LogP contribution in [0.1, 0.15) is 32.3 Å². The normalized spacial score (nSPS) is 16.2. The summed E-state index contributed by atoms with van der Waals surface area (Å²) in [6, 6.07) is 4.55. The molecular formula is C16H18Cl2N2O4. The van der Waals surface area contributed by atoms with Gasteiger partial charge in [0.15, 0.2) is 0 Å².